The Morgan fingerprint density at radius 1 is 1.38 bits per heavy atom. The van der Waals surface area contributed by atoms with E-state index >= 15 is 0 Å². The number of halogens is 1. The lowest BCUT2D eigenvalue weighted by Crippen LogP contribution is -2.06. The van der Waals surface area contributed by atoms with Gasteiger partial charge < -0.3 is 10.5 Å². The van der Waals surface area contributed by atoms with E-state index in [1.165, 1.54) is 6.07 Å². The number of nitrogens with two attached hydrogens (primary N) is 1. The highest BCUT2D eigenvalue weighted by Crippen LogP contribution is 2.21. The van der Waals surface area contributed by atoms with Crippen molar-refractivity contribution in [3.63, 3.8) is 0 Å². The highest BCUT2D eigenvalue weighted by Gasteiger charge is 2.06. The number of ether oxygens (including phenoxy) is 1. The second kappa shape index (κ2) is 6.48. The van der Waals surface area contributed by atoms with Crippen LogP contribution in [0.4, 0.5) is 4.39 Å². The molecule has 90 valence electrons. The van der Waals surface area contributed by atoms with Gasteiger partial charge in [0.2, 0.25) is 0 Å². The van der Waals surface area contributed by atoms with Gasteiger partial charge in [-0.2, -0.15) is 0 Å². The zero-order chi connectivity index (χ0) is 12.0. The summed E-state index contributed by atoms with van der Waals surface area (Å²) in [4.78, 5) is 0. The zero-order valence-electron chi connectivity index (χ0n) is 10.0. The van der Waals surface area contributed by atoms with Gasteiger partial charge in [-0.3, -0.25) is 0 Å². The van der Waals surface area contributed by atoms with Crippen molar-refractivity contribution < 1.29 is 9.13 Å². The number of unbranched alkanes of at least 4 members (excludes halogenated alkanes) is 2. The zero-order valence-corrected chi connectivity index (χ0v) is 10.0. The molecule has 0 saturated heterocycles. The molecule has 0 fully saturated rings. The minimum absolute atomic E-state index is 0.149. The SMILES string of the molecule is CCCCCOc1ccc(C(C)N)cc1F. The predicted octanol–water partition coefficient (Wildman–Crippen LogP) is 3.41. The smallest absolute Gasteiger partial charge is 0.165 e. The van der Waals surface area contributed by atoms with Crippen molar-refractivity contribution in [2.24, 2.45) is 5.73 Å². The number of hydrogen-bond acceptors (Lipinski definition) is 2. The maximum absolute atomic E-state index is 13.5. The molecule has 2 N–H and O–H groups in total. The van der Waals surface area contributed by atoms with Gasteiger partial charge >= 0.3 is 0 Å². The Kier molecular flexibility index (Phi) is 5.26. The van der Waals surface area contributed by atoms with Gasteiger partial charge in [-0.15, -0.1) is 0 Å². The molecule has 2 nitrogen and oxygen atoms in total. The van der Waals surface area contributed by atoms with E-state index in [9.17, 15) is 4.39 Å². The quantitative estimate of drug-likeness (QED) is 0.753. The molecule has 16 heavy (non-hydrogen) atoms. The van der Waals surface area contributed by atoms with Crippen LogP contribution in [-0.2, 0) is 0 Å². The van der Waals surface area contributed by atoms with Gasteiger partial charge in [-0.1, -0.05) is 25.8 Å². The van der Waals surface area contributed by atoms with Crippen LogP contribution in [0.5, 0.6) is 5.75 Å². The van der Waals surface area contributed by atoms with Crippen molar-refractivity contribution in [2.75, 3.05) is 6.61 Å². The van der Waals surface area contributed by atoms with E-state index in [0.717, 1.165) is 24.8 Å². The van der Waals surface area contributed by atoms with E-state index in [-0.39, 0.29) is 11.9 Å². The number of hydrogen-bond donors (Lipinski definition) is 1. The summed E-state index contributed by atoms with van der Waals surface area (Å²) in [6, 6.07) is 4.76. The van der Waals surface area contributed by atoms with Crippen molar-refractivity contribution in [2.45, 2.75) is 39.2 Å². The minimum atomic E-state index is -0.328. The molecule has 0 bridgehead atoms. The third-order valence-electron chi connectivity index (χ3n) is 2.49. The van der Waals surface area contributed by atoms with E-state index in [2.05, 4.69) is 6.92 Å². The fourth-order valence-corrected chi connectivity index (χ4v) is 1.45. The summed E-state index contributed by atoms with van der Waals surface area (Å²) in [6.07, 6.45) is 3.21. The molecule has 3 heteroatoms. The first-order valence-corrected chi connectivity index (χ1v) is 5.83. The Labute approximate surface area is 96.6 Å². The molecule has 0 spiro atoms. The summed E-state index contributed by atoms with van der Waals surface area (Å²) < 4.78 is 18.9. The van der Waals surface area contributed by atoms with E-state index < -0.39 is 0 Å². The van der Waals surface area contributed by atoms with Gasteiger partial charge in [-0.05, 0) is 31.0 Å². The molecule has 0 aliphatic carbocycles. The molecule has 0 aliphatic heterocycles. The van der Waals surface area contributed by atoms with Crippen LogP contribution in [0.1, 0.15) is 44.7 Å². The molecule has 1 rings (SSSR count). The Hall–Kier alpha value is -1.09. The van der Waals surface area contributed by atoms with Crippen molar-refractivity contribution in [3.05, 3.63) is 29.6 Å². The fraction of sp³-hybridized carbons (Fsp3) is 0.538. The third-order valence-corrected chi connectivity index (χ3v) is 2.49. The highest BCUT2D eigenvalue weighted by molar-refractivity contribution is 5.30. The first-order valence-electron chi connectivity index (χ1n) is 5.83. The van der Waals surface area contributed by atoms with Gasteiger partial charge in [0, 0.05) is 6.04 Å². The van der Waals surface area contributed by atoms with Crippen molar-refractivity contribution >= 4 is 0 Å². The van der Waals surface area contributed by atoms with E-state index in [4.69, 9.17) is 10.5 Å². The second-order valence-corrected chi connectivity index (χ2v) is 4.03. The Balaban J connectivity index is 2.54. The van der Waals surface area contributed by atoms with Crippen molar-refractivity contribution in [1.29, 1.82) is 0 Å². The lowest BCUT2D eigenvalue weighted by molar-refractivity contribution is 0.291. The topological polar surface area (TPSA) is 35.2 Å². The molecule has 1 unspecified atom stereocenters. The van der Waals surface area contributed by atoms with Gasteiger partial charge in [-0.25, -0.2) is 4.39 Å². The number of benzene rings is 1. The van der Waals surface area contributed by atoms with E-state index in [1.54, 1.807) is 6.07 Å². The standard InChI is InChI=1S/C13H20FNO/c1-3-4-5-8-16-13-7-6-11(10(2)15)9-12(13)14/h6-7,9-10H,3-5,8,15H2,1-2H3. The predicted molar refractivity (Wildman–Crippen MR) is 64.0 cm³/mol. The highest BCUT2D eigenvalue weighted by atomic mass is 19.1. The van der Waals surface area contributed by atoms with E-state index in [0.29, 0.717) is 12.4 Å². The lowest BCUT2D eigenvalue weighted by Gasteiger charge is -2.10. The summed E-state index contributed by atoms with van der Waals surface area (Å²) in [5.74, 6) is -0.00759. The molecular formula is C13H20FNO. The average molecular weight is 225 g/mol. The van der Waals surface area contributed by atoms with Gasteiger partial charge in [0.25, 0.3) is 0 Å². The Bertz CT molecular complexity index is 326. The van der Waals surface area contributed by atoms with Gasteiger partial charge in [0.1, 0.15) is 0 Å². The summed E-state index contributed by atoms with van der Waals surface area (Å²) >= 11 is 0. The van der Waals surface area contributed by atoms with Crippen LogP contribution in [0, 0.1) is 5.82 Å². The molecule has 0 heterocycles. The van der Waals surface area contributed by atoms with E-state index in [1.807, 2.05) is 13.0 Å². The maximum Gasteiger partial charge on any atom is 0.165 e. The van der Waals surface area contributed by atoms with Crippen molar-refractivity contribution in [1.82, 2.24) is 0 Å². The van der Waals surface area contributed by atoms with Crippen LogP contribution >= 0.6 is 0 Å². The maximum atomic E-state index is 13.5. The third kappa shape index (κ3) is 3.81. The molecule has 0 amide bonds. The minimum Gasteiger partial charge on any atom is -0.491 e. The largest absolute Gasteiger partial charge is 0.491 e. The van der Waals surface area contributed by atoms with Crippen LogP contribution < -0.4 is 10.5 Å². The molecule has 0 radical (unpaired) electrons. The summed E-state index contributed by atoms with van der Waals surface area (Å²) in [5.41, 5.74) is 6.46. The molecule has 1 aromatic carbocycles. The molecular weight excluding hydrogens is 205 g/mol. The summed E-state index contributed by atoms with van der Waals surface area (Å²) in [6.45, 7) is 4.52. The van der Waals surface area contributed by atoms with Crippen LogP contribution in [0.3, 0.4) is 0 Å². The normalized spacial score (nSPS) is 12.5. The van der Waals surface area contributed by atoms with Crippen molar-refractivity contribution in [3.8, 4) is 5.75 Å². The van der Waals surface area contributed by atoms with Crippen LogP contribution in [-0.4, -0.2) is 6.61 Å². The van der Waals surface area contributed by atoms with Crippen LogP contribution in [0.25, 0.3) is 0 Å². The monoisotopic (exact) mass is 225 g/mol. The molecule has 1 aromatic rings. The number of rotatable bonds is 6. The first kappa shape index (κ1) is 13.0. The fourth-order valence-electron chi connectivity index (χ4n) is 1.45. The average Bonchev–Trinajstić information content (AvgIpc) is 2.26. The lowest BCUT2D eigenvalue weighted by atomic mass is 10.1. The summed E-state index contributed by atoms with van der Waals surface area (Å²) in [5, 5.41) is 0. The van der Waals surface area contributed by atoms with Gasteiger partial charge in [0.15, 0.2) is 11.6 Å². The Morgan fingerprint density at radius 2 is 2.12 bits per heavy atom. The molecule has 0 saturated carbocycles. The molecule has 1 atom stereocenters. The molecule has 0 aliphatic rings. The van der Waals surface area contributed by atoms with Gasteiger partial charge in [0.05, 0.1) is 6.61 Å². The van der Waals surface area contributed by atoms with Crippen LogP contribution in [0.15, 0.2) is 18.2 Å². The first-order chi connectivity index (χ1) is 7.65. The van der Waals surface area contributed by atoms with Crippen LogP contribution in [0.2, 0.25) is 0 Å². The second-order valence-electron chi connectivity index (χ2n) is 4.03. The summed E-state index contributed by atoms with van der Waals surface area (Å²) in [7, 11) is 0. The Morgan fingerprint density at radius 3 is 2.69 bits per heavy atom. The molecule has 0 aromatic heterocycles.